The van der Waals surface area contributed by atoms with Crippen molar-refractivity contribution >= 4 is 10.0 Å². The SMILES string of the molecule is CC(C)(C)C1C2CC3CC1CC(NS(=O)(=O)Cc1ccccc1)(C3)C2. The van der Waals surface area contributed by atoms with E-state index in [1.807, 2.05) is 30.3 Å². The summed E-state index contributed by atoms with van der Waals surface area (Å²) >= 11 is 0. The van der Waals surface area contributed by atoms with Crippen molar-refractivity contribution in [3.63, 3.8) is 0 Å². The number of nitrogens with one attached hydrogen (secondary N) is 1. The van der Waals surface area contributed by atoms with Gasteiger partial charge in [-0.15, -0.1) is 0 Å². The molecule has 3 nitrogen and oxygen atoms in total. The highest BCUT2D eigenvalue weighted by Gasteiger charge is 2.58. The number of rotatable bonds is 4. The van der Waals surface area contributed by atoms with Gasteiger partial charge in [-0.05, 0) is 66.8 Å². The minimum absolute atomic E-state index is 0.0955. The van der Waals surface area contributed by atoms with Gasteiger partial charge in [0.2, 0.25) is 10.0 Å². The van der Waals surface area contributed by atoms with Crippen molar-refractivity contribution in [2.24, 2.45) is 29.1 Å². The zero-order valence-electron chi connectivity index (χ0n) is 15.7. The summed E-state index contributed by atoms with van der Waals surface area (Å²) in [5, 5.41) is 0. The Morgan fingerprint density at radius 3 is 2.20 bits per heavy atom. The van der Waals surface area contributed by atoms with E-state index in [-0.39, 0.29) is 11.3 Å². The predicted molar refractivity (Wildman–Crippen MR) is 101 cm³/mol. The Bertz CT molecular complexity index is 719. The molecule has 0 amide bonds. The van der Waals surface area contributed by atoms with Gasteiger partial charge in [0, 0.05) is 5.54 Å². The molecule has 0 spiro atoms. The molecular weight excluding hydrogens is 330 g/mol. The zero-order chi connectivity index (χ0) is 17.9. The Kier molecular flexibility index (Phi) is 4.08. The standard InChI is InChI=1S/C21H31NO2S/c1-20(2,3)19-17-9-16-10-18(19)13-21(11-16,12-17)22-25(23,24)14-15-7-5-4-6-8-15/h4-8,16-19,22H,9-14H2,1-3H3. The lowest BCUT2D eigenvalue weighted by Crippen LogP contribution is -2.63. The van der Waals surface area contributed by atoms with Crippen LogP contribution in [0.25, 0.3) is 0 Å². The first-order valence-electron chi connectivity index (χ1n) is 9.71. The van der Waals surface area contributed by atoms with E-state index in [0.717, 1.165) is 36.7 Å². The van der Waals surface area contributed by atoms with Crippen LogP contribution in [0.15, 0.2) is 30.3 Å². The van der Waals surface area contributed by atoms with Gasteiger partial charge in [-0.1, -0.05) is 51.1 Å². The monoisotopic (exact) mass is 361 g/mol. The first-order valence-corrected chi connectivity index (χ1v) is 11.4. The molecule has 4 saturated carbocycles. The fraction of sp³-hybridized carbons (Fsp3) is 0.714. The molecule has 0 saturated heterocycles. The maximum Gasteiger partial charge on any atom is 0.216 e. The molecule has 0 heterocycles. The van der Waals surface area contributed by atoms with Crippen LogP contribution in [-0.2, 0) is 15.8 Å². The first kappa shape index (κ1) is 17.5. The Balaban J connectivity index is 1.54. The second kappa shape index (κ2) is 5.82. The summed E-state index contributed by atoms with van der Waals surface area (Å²) in [5.41, 5.74) is 1.02. The Labute approximate surface area is 152 Å². The Hall–Kier alpha value is -0.870. The lowest BCUT2D eigenvalue weighted by molar-refractivity contribution is -0.0969. The van der Waals surface area contributed by atoms with Crippen LogP contribution < -0.4 is 4.72 Å². The summed E-state index contributed by atoms with van der Waals surface area (Å²) in [6.07, 6.45) is 5.73. The molecule has 0 aliphatic heterocycles. The summed E-state index contributed by atoms with van der Waals surface area (Å²) in [6.45, 7) is 7.10. The second-order valence-electron chi connectivity index (χ2n) is 9.99. The van der Waals surface area contributed by atoms with Crippen LogP contribution >= 0.6 is 0 Å². The molecule has 4 bridgehead atoms. The van der Waals surface area contributed by atoms with Crippen LogP contribution in [0.1, 0.15) is 58.4 Å². The Morgan fingerprint density at radius 2 is 1.64 bits per heavy atom. The smallest absolute Gasteiger partial charge is 0.212 e. The van der Waals surface area contributed by atoms with Gasteiger partial charge in [0.1, 0.15) is 0 Å². The quantitative estimate of drug-likeness (QED) is 0.867. The van der Waals surface area contributed by atoms with Crippen LogP contribution in [-0.4, -0.2) is 14.0 Å². The largest absolute Gasteiger partial charge is 0.216 e. The van der Waals surface area contributed by atoms with Crippen LogP contribution in [0.3, 0.4) is 0 Å². The maximum atomic E-state index is 12.9. The van der Waals surface area contributed by atoms with E-state index in [0.29, 0.717) is 17.3 Å². The molecule has 2 unspecified atom stereocenters. The van der Waals surface area contributed by atoms with E-state index in [1.165, 1.54) is 12.8 Å². The molecule has 4 aliphatic carbocycles. The van der Waals surface area contributed by atoms with Crippen LogP contribution in [0, 0.1) is 29.1 Å². The summed E-state index contributed by atoms with van der Waals surface area (Å²) in [7, 11) is -3.30. The molecule has 0 radical (unpaired) electrons. The molecule has 5 rings (SSSR count). The molecule has 4 fully saturated rings. The van der Waals surface area contributed by atoms with Gasteiger partial charge in [0.15, 0.2) is 0 Å². The van der Waals surface area contributed by atoms with Crippen molar-refractivity contribution < 1.29 is 8.42 Å². The van der Waals surface area contributed by atoms with Crippen molar-refractivity contribution in [3.05, 3.63) is 35.9 Å². The number of hydrogen-bond acceptors (Lipinski definition) is 2. The molecule has 0 aromatic heterocycles. The van der Waals surface area contributed by atoms with Crippen LogP contribution in [0.4, 0.5) is 0 Å². The Morgan fingerprint density at radius 1 is 1.04 bits per heavy atom. The number of sulfonamides is 1. The third kappa shape index (κ3) is 3.40. The number of hydrogen-bond donors (Lipinski definition) is 1. The molecular formula is C21H31NO2S. The highest BCUT2D eigenvalue weighted by Crippen LogP contribution is 2.62. The van der Waals surface area contributed by atoms with E-state index in [1.54, 1.807) is 0 Å². The summed E-state index contributed by atoms with van der Waals surface area (Å²) in [4.78, 5) is 0. The van der Waals surface area contributed by atoms with Crippen LogP contribution in [0.5, 0.6) is 0 Å². The normalized spacial score (nSPS) is 37.4. The van der Waals surface area contributed by atoms with E-state index in [9.17, 15) is 8.42 Å². The average Bonchev–Trinajstić information content (AvgIpc) is 2.43. The highest BCUT2D eigenvalue weighted by atomic mass is 32.2. The summed E-state index contributed by atoms with van der Waals surface area (Å²) in [5.74, 6) is 2.93. The van der Waals surface area contributed by atoms with Gasteiger partial charge in [-0.3, -0.25) is 0 Å². The fourth-order valence-electron chi connectivity index (χ4n) is 6.72. The van der Waals surface area contributed by atoms with Crippen molar-refractivity contribution in [1.82, 2.24) is 4.72 Å². The molecule has 4 heteroatoms. The van der Waals surface area contributed by atoms with Gasteiger partial charge in [0.05, 0.1) is 5.75 Å². The first-order chi connectivity index (χ1) is 11.7. The molecule has 4 aliphatic rings. The lowest BCUT2D eigenvalue weighted by Gasteiger charge is -2.62. The highest BCUT2D eigenvalue weighted by molar-refractivity contribution is 7.88. The molecule has 1 aromatic carbocycles. The zero-order valence-corrected chi connectivity index (χ0v) is 16.5. The molecule has 1 N–H and O–H groups in total. The summed E-state index contributed by atoms with van der Waals surface area (Å²) in [6, 6.07) is 9.53. The summed E-state index contributed by atoms with van der Waals surface area (Å²) < 4.78 is 28.9. The van der Waals surface area contributed by atoms with Crippen molar-refractivity contribution in [1.29, 1.82) is 0 Å². The molecule has 25 heavy (non-hydrogen) atoms. The topological polar surface area (TPSA) is 46.2 Å². The van der Waals surface area contributed by atoms with Crippen LogP contribution in [0.2, 0.25) is 0 Å². The predicted octanol–water partition coefficient (Wildman–Crippen LogP) is 4.35. The molecule has 1 aromatic rings. The third-order valence-corrected chi connectivity index (χ3v) is 8.30. The lowest BCUT2D eigenvalue weighted by atomic mass is 9.45. The van der Waals surface area contributed by atoms with Gasteiger partial charge >= 0.3 is 0 Å². The van der Waals surface area contributed by atoms with E-state index < -0.39 is 10.0 Å². The number of benzene rings is 1. The van der Waals surface area contributed by atoms with Crippen molar-refractivity contribution in [3.8, 4) is 0 Å². The van der Waals surface area contributed by atoms with Gasteiger partial charge in [-0.2, -0.15) is 0 Å². The van der Waals surface area contributed by atoms with Gasteiger partial charge in [-0.25, -0.2) is 13.1 Å². The molecule has 138 valence electrons. The maximum absolute atomic E-state index is 12.9. The minimum atomic E-state index is -3.30. The van der Waals surface area contributed by atoms with Crippen molar-refractivity contribution in [2.75, 3.05) is 0 Å². The average molecular weight is 362 g/mol. The van der Waals surface area contributed by atoms with Gasteiger partial charge < -0.3 is 0 Å². The molecule has 2 atom stereocenters. The van der Waals surface area contributed by atoms with E-state index in [4.69, 9.17) is 0 Å². The minimum Gasteiger partial charge on any atom is -0.212 e. The van der Waals surface area contributed by atoms with E-state index >= 15 is 0 Å². The van der Waals surface area contributed by atoms with E-state index in [2.05, 4.69) is 25.5 Å². The third-order valence-electron chi connectivity index (χ3n) is 6.84. The second-order valence-corrected chi connectivity index (χ2v) is 11.7. The fourth-order valence-corrected chi connectivity index (χ4v) is 8.34. The van der Waals surface area contributed by atoms with Crippen molar-refractivity contribution in [2.45, 2.75) is 64.2 Å². The van der Waals surface area contributed by atoms with Gasteiger partial charge in [0.25, 0.3) is 0 Å².